The normalized spacial score (nSPS) is 14.1. The summed E-state index contributed by atoms with van der Waals surface area (Å²) in [6.45, 7) is 1.57. The lowest BCUT2D eigenvalue weighted by Crippen LogP contribution is -2.44. The van der Waals surface area contributed by atoms with Crippen LogP contribution in [-0.4, -0.2) is 21.9 Å². The second kappa shape index (κ2) is 6.45. The van der Waals surface area contributed by atoms with Gasteiger partial charge in [0.2, 0.25) is 0 Å². The van der Waals surface area contributed by atoms with Crippen molar-refractivity contribution in [2.75, 3.05) is 10.6 Å². The molecular weight excluding hydrogens is 353 g/mol. The Morgan fingerprint density at radius 2 is 2.10 bits per heavy atom. The van der Waals surface area contributed by atoms with Gasteiger partial charge in [0, 0.05) is 11.0 Å². The highest BCUT2D eigenvalue weighted by Crippen LogP contribution is 2.33. The van der Waals surface area contributed by atoms with Gasteiger partial charge in [0.15, 0.2) is 5.60 Å². The number of carbonyl (C=O) groups excluding carboxylic acids is 1. The summed E-state index contributed by atoms with van der Waals surface area (Å²) >= 11 is 2.98. The number of anilines is 1. The zero-order valence-corrected chi connectivity index (χ0v) is 12.5. The van der Waals surface area contributed by atoms with E-state index in [1.807, 2.05) is 0 Å². The molecule has 1 rings (SSSR count). The zero-order valence-electron chi connectivity index (χ0n) is 11.0. The quantitative estimate of drug-likeness (QED) is 0.806. The van der Waals surface area contributed by atoms with E-state index in [4.69, 9.17) is 5.26 Å². The van der Waals surface area contributed by atoms with E-state index in [9.17, 15) is 23.1 Å². The van der Waals surface area contributed by atoms with E-state index in [2.05, 4.69) is 21.2 Å². The molecule has 0 radical (unpaired) electrons. The molecule has 1 amide bonds. The Labute approximate surface area is 127 Å². The standard InChI is InChI=1S/C13H12BrF3N2O2/c1-2-12(21,7-14)11(20)19-9-4-3-8(6-18)10(5-9)13(15,16)17/h3-5,21H,2,7H2,1H3,(H,19,20). The monoisotopic (exact) mass is 364 g/mol. The van der Waals surface area contributed by atoms with Gasteiger partial charge in [-0.3, -0.25) is 4.79 Å². The summed E-state index contributed by atoms with van der Waals surface area (Å²) in [4.78, 5) is 11.9. The molecule has 0 aromatic heterocycles. The minimum absolute atomic E-state index is 0.0509. The third-order valence-corrected chi connectivity index (χ3v) is 3.86. The Bertz CT molecular complexity index is 578. The van der Waals surface area contributed by atoms with Crippen LogP contribution in [0.4, 0.5) is 18.9 Å². The molecule has 1 unspecified atom stereocenters. The molecule has 4 nitrogen and oxygen atoms in total. The lowest BCUT2D eigenvalue weighted by molar-refractivity contribution is -0.138. The fourth-order valence-corrected chi connectivity index (χ4v) is 2.17. The van der Waals surface area contributed by atoms with Crippen molar-refractivity contribution in [3.63, 3.8) is 0 Å². The first-order valence-corrected chi connectivity index (χ1v) is 7.01. The Hall–Kier alpha value is -1.59. The summed E-state index contributed by atoms with van der Waals surface area (Å²) in [5.74, 6) is -0.820. The largest absolute Gasteiger partial charge is 0.417 e. The van der Waals surface area contributed by atoms with Crippen molar-refractivity contribution in [2.45, 2.75) is 25.1 Å². The fraction of sp³-hybridized carbons (Fsp3) is 0.385. The highest BCUT2D eigenvalue weighted by molar-refractivity contribution is 9.09. The van der Waals surface area contributed by atoms with Crippen LogP contribution in [0.5, 0.6) is 0 Å². The van der Waals surface area contributed by atoms with Crippen molar-refractivity contribution in [1.82, 2.24) is 0 Å². The maximum absolute atomic E-state index is 12.8. The Morgan fingerprint density at radius 1 is 1.48 bits per heavy atom. The van der Waals surface area contributed by atoms with Crippen LogP contribution in [-0.2, 0) is 11.0 Å². The maximum atomic E-state index is 12.8. The molecule has 2 N–H and O–H groups in total. The summed E-state index contributed by atoms with van der Waals surface area (Å²) in [5, 5.41) is 20.8. The first kappa shape index (κ1) is 17.5. The number of benzene rings is 1. The number of alkyl halides is 4. The van der Waals surface area contributed by atoms with Crippen LogP contribution in [0.25, 0.3) is 0 Å². The second-order valence-corrected chi connectivity index (χ2v) is 4.90. The number of nitriles is 1. The molecule has 0 heterocycles. The van der Waals surface area contributed by atoms with Crippen molar-refractivity contribution in [3.05, 3.63) is 29.3 Å². The molecule has 0 saturated carbocycles. The van der Waals surface area contributed by atoms with Crippen LogP contribution in [0.2, 0.25) is 0 Å². The van der Waals surface area contributed by atoms with Crippen LogP contribution in [0.15, 0.2) is 18.2 Å². The number of halogens is 4. The van der Waals surface area contributed by atoms with Crippen LogP contribution < -0.4 is 5.32 Å². The predicted molar refractivity (Wildman–Crippen MR) is 73.8 cm³/mol. The van der Waals surface area contributed by atoms with E-state index in [0.29, 0.717) is 6.07 Å². The number of nitrogens with zero attached hydrogens (tertiary/aromatic N) is 1. The third kappa shape index (κ3) is 3.95. The van der Waals surface area contributed by atoms with Crippen molar-refractivity contribution >= 4 is 27.5 Å². The van der Waals surface area contributed by atoms with Crippen molar-refractivity contribution < 1.29 is 23.1 Å². The molecule has 1 aromatic carbocycles. The number of hydrogen-bond donors (Lipinski definition) is 2. The van der Waals surface area contributed by atoms with Gasteiger partial charge in [0.25, 0.3) is 5.91 Å². The number of amides is 1. The lowest BCUT2D eigenvalue weighted by Gasteiger charge is -2.23. The van der Waals surface area contributed by atoms with E-state index in [-0.39, 0.29) is 17.4 Å². The number of nitrogens with one attached hydrogen (secondary N) is 1. The van der Waals surface area contributed by atoms with Gasteiger partial charge in [-0.1, -0.05) is 22.9 Å². The van der Waals surface area contributed by atoms with E-state index in [1.165, 1.54) is 12.1 Å². The van der Waals surface area contributed by atoms with Gasteiger partial charge < -0.3 is 10.4 Å². The Kier molecular flexibility index (Phi) is 5.36. The molecule has 0 spiro atoms. The fourth-order valence-electron chi connectivity index (χ4n) is 1.52. The van der Waals surface area contributed by atoms with E-state index in [1.54, 1.807) is 6.92 Å². The summed E-state index contributed by atoms with van der Waals surface area (Å²) < 4.78 is 38.4. The highest BCUT2D eigenvalue weighted by atomic mass is 79.9. The molecule has 114 valence electrons. The van der Waals surface area contributed by atoms with Gasteiger partial charge >= 0.3 is 6.18 Å². The van der Waals surface area contributed by atoms with E-state index < -0.39 is 28.8 Å². The molecule has 1 aromatic rings. The van der Waals surface area contributed by atoms with Crippen molar-refractivity contribution in [2.24, 2.45) is 0 Å². The minimum Gasteiger partial charge on any atom is -0.379 e. The van der Waals surface area contributed by atoms with Gasteiger partial charge in [0.1, 0.15) is 0 Å². The Morgan fingerprint density at radius 3 is 2.52 bits per heavy atom. The molecule has 0 saturated heterocycles. The van der Waals surface area contributed by atoms with Gasteiger partial charge in [-0.15, -0.1) is 0 Å². The second-order valence-electron chi connectivity index (χ2n) is 4.34. The van der Waals surface area contributed by atoms with Crippen molar-refractivity contribution in [1.29, 1.82) is 5.26 Å². The van der Waals surface area contributed by atoms with E-state index in [0.717, 1.165) is 6.07 Å². The van der Waals surface area contributed by atoms with Gasteiger partial charge in [-0.2, -0.15) is 18.4 Å². The summed E-state index contributed by atoms with van der Waals surface area (Å²) in [6, 6.07) is 4.26. The summed E-state index contributed by atoms with van der Waals surface area (Å²) in [5.41, 5.74) is -3.53. The summed E-state index contributed by atoms with van der Waals surface area (Å²) in [6.07, 6.45) is -4.62. The summed E-state index contributed by atoms with van der Waals surface area (Å²) in [7, 11) is 0. The molecule has 0 aliphatic carbocycles. The molecule has 0 aliphatic rings. The van der Waals surface area contributed by atoms with Crippen LogP contribution >= 0.6 is 15.9 Å². The molecule has 0 bridgehead atoms. The number of carbonyl (C=O) groups is 1. The molecule has 8 heteroatoms. The number of hydrogen-bond acceptors (Lipinski definition) is 3. The highest BCUT2D eigenvalue weighted by Gasteiger charge is 2.35. The Balaban J connectivity index is 3.12. The van der Waals surface area contributed by atoms with Gasteiger partial charge in [-0.05, 0) is 24.6 Å². The molecular formula is C13H12BrF3N2O2. The average Bonchev–Trinajstić information content (AvgIpc) is 2.45. The van der Waals surface area contributed by atoms with Crippen LogP contribution in [0, 0.1) is 11.3 Å². The first-order chi connectivity index (χ1) is 9.67. The lowest BCUT2D eigenvalue weighted by atomic mass is 10.0. The number of aliphatic hydroxyl groups is 1. The van der Waals surface area contributed by atoms with Crippen LogP contribution in [0.3, 0.4) is 0 Å². The van der Waals surface area contributed by atoms with Crippen LogP contribution in [0.1, 0.15) is 24.5 Å². The zero-order chi connectivity index (χ0) is 16.3. The van der Waals surface area contributed by atoms with Crippen molar-refractivity contribution in [3.8, 4) is 6.07 Å². The third-order valence-electron chi connectivity index (χ3n) is 2.93. The van der Waals surface area contributed by atoms with Gasteiger partial charge in [-0.25, -0.2) is 0 Å². The first-order valence-electron chi connectivity index (χ1n) is 5.89. The van der Waals surface area contributed by atoms with Gasteiger partial charge in [0.05, 0.1) is 17.2 Å². The maximum Gasteiger partial charge on any atom is 0.417 e. The topological polar surface area (TPSA) is 73.1 Å². The molecule has 1 atom stereocenters. The predicted octanol–water partition coefficient (Wildman–Crippen LogP) is 3.05. The molecule has 0 aliphatic heterocycles. The molecule has 0 fully saturated rings. The average molecular weight is 365 g/mol. The minimum atomic E-state index is -4.71. The smallest absolute Gasteiger partial charge is 0.379 e. The molecule has 21 heavy (non-hydrogen) atoms. The SMILES string of the molecule is CCC(O)(CBr)C(=O)Nc1ccc(C#N)c(C(F)(F)F)c1. The number of rotatable bonds is 4. The van der Waals surface area contributed by atoms with E-state index >= 15 is 0 Å².